The summed E-state index contributed by atoms with van der Waals surface area (Å²) in [4.78, 5) is 0.722. The summed E-state index contributed by atoms with van der Waals surface area (Å²) < 4.78 is 7.31. The van der Waals surface area contributed by atoms with Crippen LogP contribution in [-0.4, -0.2) is 9.67 Å². The molecule has 3 nitrogen and oxygen atoms in total. The molecule has 0 saturated carbocycles. The van der Waals surface area contributed by atoms with Gasteiger partial charge < -0.3 is 9.84 Å². The molecule has 5 heteroatoms. The topological polar surface area (TPSA) is 34.4 Å². The van der Waals surface area contributed by atoms with Gasteiger partial charge in [0.15, 0.2) is 3.95 Å². The number of allylic oxidation sites excluding steroid dienone is 9. The van der Waals surface area contributed by atoms with E-state index in [1.54, 1.807) is 29.2 Å². The molecule has 23 heavy (non-hydrogen) atoms. The smallest absolute Gasteiger partial charge is 0.211 e. The predicted molar refractivity (Wildman–Crippen MR) is 98.8 cm³/mol. The van der Waals surface area contributed by atoms with Gasteiger partial charge in [-0.1, -0.05) is 30.4 Å². The lowest BCUT2D eigenvalue weighted by Gasteiger charge is -1.98. The Balaban J connectivity index is 1.93. The largest absolute Gasteiger partial charge is 0.493 e. The Kier molecular flexibility index (Phi) is 6.63. The maximum Gasteiger partial charge on any atom is 0.211 e. The van der Waals surface area contributed by atoms with Crippen LogP contribution in [0.2, 0.25) is 0 Å². The third kappa shape index (κ3) is 5.11. The molecule has 2 rings (SSSR count). The predicted octanol–water partition coefficient (Wildman–Crippen LogP) is 5.27. The number of aromatic nitrogens is 1. The minimum absolute atomic E-state index is 0.205. The number of aromatic hydroxyl groups is 1. The molecule has 0 radical (unpaired) electrons. The van der Waals surface area contributed by atoms with Crippen LogP contribution in [0.15, 0.2) is 72.4 Å². The molecule has 0 spiro atoms. The minimum Gasteiger partial charge on any atom is -0.493 e. The molecule has 0 atom stereocenters. The van der Waals surface area contributed by atoms with Crippen LogP contribution < -0.4 is 0 Å². The van der Waals surface area contributed by atoms with Crippen molar-refractivity contribution in [2.75, 3.05) is 0 Å². The third-order valence-electron chi connectivity index (χ3n) is 2.92. The maximum atomic E-state index is 9.97. The number of rotatable bonds is 5. The van der Waals surface area contributed by atoms with Gasteiger partial charge in [-0.15, -0.1) is 17.1 Å². The fraction of sp³-hybridized carbons (Fsp3) is 0.111. The average molecular weight is 343 g/mol. The molecular weight excluding hydrogens is 326 g/mol. The van der Waals surface area contributed by atoms with Crippen LogP contribution >= 0.6 is 23.6 Å². The van der Waals surface area contributed by atoms with Crippen LogP contribution in [0.4, 0.5) is 0 Å². The number of ether oxygens (including phenoxy) is 1. The van der Waals surface area contributed by atoms with Gasteiger partial charge in [0.2, 0.25) is 5.88 Å². The second-order valence-corrected chi connectivity index (χ2v) is 6.13. The van der Waals surface area contributed by atoms with Crippen LogP contribution in [0.25, 0.3) is 6.08 Å². The third-order valence-corrected chi connectivity index (χ3v) is 4.30. The van der Waals surface area contributed by atoms with E-state index in [-0.39, 0.29) is 5.88 Å². The first-order valence-corrected chi connectivity index (χ1v) is 8.32. The van der Waals surface area contributed by atoms with Crippen LogP contribution in [-0.2, 0) is 11.3 Å². The standard InChI is InChI=1S/C18H17NO2S2/c1-2-19-17(20)16(23-18(19)22)10-8-6-4-3-5-7-9-15-11-13-21-14-12-15/h3-7,9-14,20H,2H2,1H3/b4-3+,7-5+. The molecule has 118 valence electrons. The summed E-state index contributed by atoms with van der Waals surface area (Å²) in [5.74, 6) is 0.205. The quantitative estimate of drug-likeness (QED) is 0.449. The molecule has 0 aliphatic carbocycles. The second-order valence-electron chi connectivity index (χ2n) is 4.46. The van der Waals surface area contributed by atoms with Crippen molar-refractivity contribution in [1.29, 1.82) is 0 Å². The Labute approximate surface area is 144 Å². The lowest BCUT2D eigenvalue weighted by Crippen LogP contribution is -1.91. The van der Waals surface area contributed by atoms with E-state index in [0.717, 1.165) is 10.5 Å². The SMILES string of the molecule is CCn1c(O)c(C=C=C/C=C/C=C/C=C2C=COC=C2)sc1=S. The van der Waals surface area contributed by atoms with Gasteiger partial charge in [0.25, 0.3) is 0 Å². The molecule has 0 bridgehead atoms. The number of hydrogen-bond donors (Lipinski definition) is 1. The zero-order valence-electron chi connectivity index (χ0n) is 12.7. The van der Waals surface area contributed by atoms with E-state index in [0.29, 0.717) is 10.5 Å². The highest BCUT2D eigenvalue weighted by atomic mass is 32.1. The van der Waals surface area contributed by atoms with Crippen molar-refractivity contribution in [2.45, 2.75) is 13.5 Å². The number of thiazole rings is 1. The Morgan fingerprint density at radius 1 is 1.26 bits per heavy atom. The second kappa shape index (κ2) is 8.96. The minimum atomic E-state index is 0.205. The van der Waals surface area contributed by atoms with E-state index in [4.69, 9.17) is 17.0 Å². The van der Waals surface area contributed by atoms with Gasteiger partial charge in [0.05, 0.1) is 17.4 Å². The summed E-state index contributed by atoms with van der Waals surface area (Å²) in [6.45, 7) is 2.61. The van der Waals surface area contributed by atoms with Gasteiger partial charge in [-0.25, -0.2) is 0 Å². The fourth-order valence-corrected chi connectivity index (χ4v) is 3.09. The van der Waals surface area contributed by atoms with Gasteiger partial charge in [-0.2, -0.15) is 0 Å². The molecule has 0 unspecified atom stereocenters. The van der Waals surface area contributed by atoms with Gasteiger partial charge in [-0.3, -0.25) is 4.57 Å². The number of nitrogens with zero attached hydrogens (tertiary/aromatic N) is 1. The summed E-state index contributed by atoms with van der Waals surface area (Å²) in [7, 11) is 0. The summed E-state index contributed by atoms with van der Waals surface area (Å²) >= 11 is 6.55. The van der Waals surface area contributed by atoms with E-state index in [1.165, 1.54) is 11.3 Å². The Bertz CT molecular complexity index is 797. The zero-order valence-corrected chi connectivity index (χ0v) is 14.3. The summed E-state index contributed by atoms with van der Waals surface area (Å²) in [6, 6.07) is 0. The van der Waals surface area contributed by atoms with Gasteiger partial charge >= 0.3 is 0 Å². The molecule has 1 aromatic heterocycles. The molecule has 1 aliphatic heterocycles. The summed E-state index contributed by atoms with van der Waals surface area (Å²) in [5.41, 5.74) is 4.09. The molecule has 0 aromatic carbocycles. The fourth-order valence-electron chi connectivity index (χ4n) is 1.76. The molecule has 1 aliphatic rings. The van der Waals surface area contributed by atoms with Crippen molar-refractivity contribution in [3.05, 3.63) is 81.3 Å². The molecule has 0 amide bonds. The lowest BCUT2D eigenvalue weighted by atomic mass is 10.2. The maximum absolute atomic E-state index is 9.97. The summed E-state index contributed by atoms with van der Waals surface area (Å²) in [6.07, 6.45) is 20.2. The lowest BCUT2D eigenvalue weighted by molar-refractivity contribution is 0.398. The Morgan fingerprint density at radius 3 is 2.70 bits per heavy atom. The van der Waals surface area contributed by atoms with E-state index < -0.39 is 0 Å². The highest BCUT2D eigenvalue weighted by molar-refractivity contribution is 7.73. The first-order valence-electron chi connectivity index (χ1n) is 7.09. The molecule has 2 heterocycles. The van der Waals surface area contributed by atoms with Crippen LogP contribution in [0.5, 0.6) is 5.88 Å². The van der Waals surface area contributed by atoms with Gasteiger partial charge in [-0.05, 0) is 42.9 Å². The molecular formula is C18H17NO2S2. The monoisotopic (exact) mass is 343 g/mol. The van der Waals surface area contributed by atoms with E-state index in [1.807, 2.05) is 49.5 Å². The first kappa shape index (κ1) is 17.0. The van der Waals surface area contributed by atoms with Gasteiger partial charge in [0, 0.05) is 12.6 Å². The van der Waals surface area contributed by atoms with Crippen LogP contribution in [0, 0.1) is 3.95 Å². The van der Waals surface area contributed by atoms with E-state index >= 15 is 0 Å². The van der Waals surface area contributed by atoms with Crippen molar-refractivity contribution < 1.29 is 9.84 Å². The van der Waals surface area contributed by atoms with Crippen molar-refractivity contribution in [3.63, 3.8) is 0 Å². The first-order chi connectivity index (χ1) is 11.2. The highest BCUT2D eigenvalue weighted by Crippen LogP contribution is 2.26. The Hall–Kier alpha value is -2.33. The van der Waals surface area contributed by atoms with Crippen molar-refractivity contribution >= 4 is 29.6 Å². The van der Waals surface area contributed by atoms with Crippen LogP contribution in [0.1, 0.15) is 11.8 Å². The van der Waals surface area contributed by atoms with E-state index in [2.05, 4.69) is 5.73 Å². The van der Waals surface area contributed by atoms with Crippen LogP contribution in [0.3, 0.4) is 0 Å². The molecule has 0 fully saturated rings. The van der Waals surface area contributed by atoms with Crippen molar-refractivity contribution in [3.8, 4) is 5.88 Å². The molecule has 1 N–H and O–H groups in total. The number of hydrogen-bond acceptors (Lipinski definition) is 4. The zero-order chi connectivity index (χ0) is 16.5. The summed E-state index contributed by atoms with van der Waals surface area (Å²) in [5, 5.41) is 9.97. The molecule has 0 saturated heterocycles. The van der Waals surface area contributed by atoms with Gasteiger partial charge in [0.1, 0.15) is 0 Å². The molecule has 1 aromatic rings. The van der Waals surface area contributed by atoms with Crippen molar-refractivity contribution in [1.82, 2.24) is 4.57 Å². The normalized spacial score (nSPS) is 13.3. The average Bonchev–Trinajstić information content (AvgIpc) is 2.84. The van der Waals surface area contributed by atoms with Crippen molar-refractivity contribution in [2.24, 2.45) is 0 Å². The highest BCUT2D eigenvalue weighted by Gasteiger charge is 2.06. The Morgan fingerprint density at radius 2 is 2.00 bits per heavy atom. The van der Waals surface area contributed by atoms with E-state index in [9.17, 15) is 5.11 Å².